The first-order chi connectivity index (χ1) is 13.7. The number of phenols is 1. The number of phenolic OH excluding ortho intramolecular Hbond substituents is 1. The molecule has 1 heterocycles. The normalized spacial score (nSPS) is 11.0. The highest BCUT2D eigenvalue weighted by Gasteiger charge is 2.15. The summed E-state index contributed by atoms with van der Waals surface area (Å²) >= 11 is 0. The highest BCUT2D eigenvalue weighted by Crippen LogP contribution is 2.27. The molecule has 1 N–H and O–H groups in total. The lowest BCUT2D eigenvalue weighted by Gasteiger charge is -2.08. The van der Waals surface area contributed by atoms with E-state index in [4.69, 9.17) is 9.68 Å². The number of aromatic hydroxyl groups is 1. The van der Waals surface area contributed by atoms with Gasteiger partial charge in [0, 0.05) is 6.07 Å². The number of hydrogen-bond donors (Lipinski definition) is 1. The van der Waals surface area contributed by atoms with Crippen LogP contribution in [0.2, 0.25) is 0 Å². The Morgan fingerprint density at radius 2 is 1.68 bits per heavy atom. The molecule has 0 unspecified atom stereocenters. The second-order valence-electron chi connectivity index (χ2n) is 6.28. The molecule has 4 rings (SSSR count). The van der Waals surface area contributed by atoms with Crippen molar-refractivity contribution in [2.45, 2.75) is 0 Å². The highest BCUT2D eigenvalue weighted by atomic mass is 16.3. The lowest BCUT2D eigenvalue weighted by molar-refractivity contribution is 0.474. The Balaban J connectivity index is 1.91. The summed E-state index contributed by atoms with van der Waals surface area (Å²) in [6, 6.07) is 23.0. The van der Waals surface area contributed by atoms with Gasteiger partial charge in [-0.15, -0.1) is 0 Å². The Hall–Kier alpha value is -4.10. The third kappa shape index (κ3) is 3.29. The second kappa shape index (κ2) is 7.26. The molecule has 0 aliphatic carbocycles. The molecule has 0 aliphatic heterocycles. The number of rotatable bonds is 3. The predicted octanol–water partition coefficient (Wildman–Crippen LogP) is 5.21. The van der Waals surface area contributed by atoms with Crippen LogP contribution < -0.4 is 5.43 Å². The van der Waals surface area contributed by atoms with Crippen molar-refractivity contribution in [2.75, 3.05) is 0 Å². The lowest BCUT2D eigenvalue weighted by Crippen LogP contribution is -2.07. The largest absolute Gasteiger partial charge is 0.508 e. The van der Waals surface area contributed by atoms with Crippen molar-refractivity contribution < 1.29 is 9.52 Å². The molecule has 0 aliphatic rings. The third-order valence-corrected chi connectivity index (χ3v) is 4.43. The van der Waals surface area contributed by atoms with E-state index >= 15 is 0 Å². The first kappa shape index (κ1) is 17.3. The van der Waals surface area contributed by atoms with Gasteiger partial charge in [-0.3, -0.25) is 4.79 Å². The molecule has 28 heavy (non-hydrogen) atoms. The van der Waals surface area contributed by atoms with Gasteiger partial charge in [0.1, 0.15) is 17.1 Å². The van der Waals surface area contributed by atoms with Crippen LogP contribution in [0.5, 0.6) is 5.75 Å². The maximum atomic E-state index is 13.1. The predicted molar refractivity (Wildman–Crippen MR) is 110 cm³/mol. The summed E-state index contributed by atoms with van der Waals surface area (Å²) in [5, 5.41) is 19.1. The monoisotopic (exact) mass is 365 g/mol. The van der Waals surface area contributed by atoms with Gasteiger partial charge in [-0.05, 0) is 41.5 Å². The standard InChI is InChI=1S/C24H15NO3/c25-15-17-8-6-16(7-9-17)10-13-21-23(18-4-2-1-3-5-18)24(27)20-12-11-19(26)14-22(20)28-21/h1-14,26H/b13-10+. The summed E-state index contributed by atoms with van der Waals surface area (Å²) < 4.78 is 5.98. The molecule has 134 valence electrons. The zero-order valence-corrected chi connectivity index (χ0v) is 14.8. The van der Waals surface area contributed by atoms with Crippen molar-refractivity contribution in [1.29, 1.82) is 5.26 Å². The summed E-state index contributed by atoms with van der Waals surface area (Å²) in [5.74, 6) is 0.434. The Morgan fingerprint density at radius 3 is 2.39 bits per heavy atom. The summed E-state index contributed by atoms with van der Waals surface area (Å²) in [6.07, 6.45) is 3.55. The molecule has 4 aromatic rings. The molecule has 1 aromatic heterocycles. The van der Waals surface area contributed by atoms with Crippen LogP contribution in [0, 0.1) is 11.3 Å². The topological polar surface area (TPSA) is 74.2 Å². The molecule has 0 radical (unpaired) electrons. The first-order valence-corrected chi connectivity index (χ1v) is 8.69. The van der Waals surface area contributed by atoms with Crippen molar-refractivity contribution in [2.24, 2.45) is 0 Å². The van der Waals surface area contributed by atoms with Crippen LogP contribution in [0.15, 0.2) is 82.0 Å². The van der Waals surface area contributed by atoms with E-state index in [2.05, 4.69) is 6.07 Å². The lowest BCUT2D eigenvalue weighted by atomic mass is 10.0. The number of hydrogen-bond acceptors (Lipinski definition) is 4. The Morgan fingerprint density at radius 1 is 0.929 bits per heavy atom. The summed E-state index contributed by atoms with van der Waals surface area (Å²) in [4.78, 5) is 13.1. The van der Waals surface area contributed by atoms with Crippen molar-refractivity contribution in [3.63, 3.8) is 0 Å². The minimum absolute atomic E-state index is 0.0325. The third-order valence-electron chi connectivity index (χ3n) is 4.43. The van der Waals surface area contributed by atoms with Crippen LogP contribution in [0.25, 0.3) is 34.2 Å². The molecule has 0 bridgehead atoms. The Kier molecular flexibility index (Phi) is 4.49. The average molecular weight is 365 g/mol. The fourth-order valence-electron chi connectivity index (χ4n) is 3.04. The van der Waals surface area contributed by atoms with Crippen LogP contribution in [0.4, 0.5) is 0 Å². The molecule has 3 aromatic carbocycles. The van der Waals surface area contributed by atoms with E-state index in [1.54, 1.807) is 24.3 Å². The van der Waals surface area contributed by atoms with E-state index in [1.807, 2.05) is 48.5 Å². The summed E-state index contributed by atoms with van der Waals surface area (Å²) in [6.45, 7) is 0. The van der Waals surface area contributed by atoms with Gasteiger partial charge in [0.2, 0.25) is 5.43 Å². The molecule has 4 heteroatoms. The number of nitrogens with zero attached hydrogens (tertiary/aromatic N) is 1. The molecule has 0 amide bonds. The Labute approximate surface area is 161 Å². The van der Waals surface area contributed by atoms with Gasteiger partial charge in [0.25, 0.3) is 0 Å². The van der Waals surface area contributed by atoms with E-state index in [1.165, 1.54) is 12.1 Å². The van der Waals surface area contributed by atoms with Gasteiger partial charge in [0.05, 0.1) is 22.6 Å². The molecule has 0 saturated heterocycles. The summed E-state index contributed by atoms with van der Waals surface area (Å²) in [7, 11) is 0. The number of nitriles is 1. The van der Waals surface area contributed by atoms with Crippen LogP contribution in [0.1, 0.15) is 16.9 Å². The van der Waals surface area contributed by atoms with Crippen LogP contribution in [-0.4, -0.2) is 5.11 Å². The van der Waals surface area contributed by atoms with Crippen molar-refractivity contribution in [3.05, 3.63) is 99.9 Å². The zero-order chi connectivity index (χ0) is 19.5. The number of fused-ring (bicyclic) bond motifs is 1. The SMILES string of the molecule is N#Cc1ccc(/C=C/c2oc3cc(O)ccc3c(=O)c2-c2ccccc2)cc1. The van der Waals surface area contributed by atoms with Gasteiger partial charge in [-0.2, -0.15) is 5.26 Å². The maximum Gasteiger partial charge on any atom is 0.201 e. The quantitative estimate of drug-likeness (QED) is 0.541. The van der Waals surface area contributed by atoms with E-state index in [-0.39, 0.29) is 11.2 Å². The fraction of sp³-hybridized carbons (Fsp3) is 0. The van der Waals surface area contributed by atoms with Gasteiger partial charge in [0.15, 0.2) is 0 Å². The number of benzene rings is 3. The average Bonchev–Trinajstić information content (AvgIpc) is 2.73. The Bertz CT molecular complexity index is 1280. The molecule has 0 spiro atoms. The smallest absolute Gasteiger partial charge is 0.201 e. The van der Waals surface area contributed by atoms with Crippen molar-refractivity contribution in [3.8, 4) is 22.9 Å². The van der Waals surface area contributed by atoms with Crippen LogP contribution in [0.3, 0.4) is 0 Å². The van der Waals surface area contributed by atoms with E-state index in [9.17, 15) is 9.90 Å². The molecule has 4 nitrogen and oxygen atoms in total. The zero-order valence-electron chi connectivity index (χ0n) is 14.8. The van der Waals surface area contributed by atoms with Crippen molar-refractivity contribution >= 4 is 23.1 Å². The van der Waals surface area contributed by atoms with Gasteiger partial charge in [-0.1, -0.05) is 48.5 Å². The van der Waals surface area contributed by atoms with E-state index < -0.39 is 0 Å². The van der Waals surface area contributed by atoms with Crippen molar-refractivity contribution in [1.82, 2.24) is 0 Å². The van der Waals surface area contributed by atoms with Gasteiger partial charge < -0.3 is 9.52 Å². The minimum atomic E-state index is -0.160. The fourth-order valence-corrected chi connectivity index (χ4v) is 3.04. The van der Waals surface area contributed by atoms with Gasteiger partial charge in [-0.25, -0.2) is 0 Å². The molecular weight excluding hydrogens is 350 g/mol. The maximum absolute atomic E-state index is 13.1. The van der Waals surface area contributed by atoms with Crippen LogP contribution in [-0.2, 0) is 0 Å². The second-order valence-corrected chi connectivity index (χ2v) is 6.28. The molecule has 0 atom stereocenters. The molecule has 0 fully saturated rings. The summed E-state index contributed by atoms with van der Waals surface area (Å²) in [5.41, 5.74) is 2.83. The molecule has 0 saturated carbocycles. The highest BCUT2D eigenvalue weighted by molar-refractivity contribution is 5.87. The minimum Gasteiger partial charge on any atom is -0.508 e. The van der Waals surface area contributed by atoms with E-state index in [0.717, 1.165) is 11.1 Å². The van der Waals surface area contributed by atoms with E-state index in [0.29, 0.717) is 27.9 Å². The van der Waals surface area contributed by atoms with Gasteiger partial charge >= 0.3 is 0 Å². The first-order valence-electron chi connectivity index (χ1n) is 8.69. The van der Waals surface area contributed by atoms with Crippen LogP contribution >= 0.6 is 0 Å². The molecular formula is C24H15NO3.